The molecule has 0 fully saturated rings. The number of amides is 1. The van der Waals surface area contributed by atoms with Crippen LogP contribution in [-0.2, 0) is 11.2 Å². The second-order valence-electron chi connectivity index (χ2n) is 5.41. The summed E-state index contributed by atoms with van der Waals surface area (Å²) in [5.74, 6) is 0.722. The SMILES string of the molecule is CCCc1c(C)ccnc1NC(=O)C(C)(C)C. The third kappa shape index (κ3) is 3.55. The molecule has 1 rings (SSSR count). The Bertz CT molecular complexity index is 405. The third-order valence-corrected chi connectivity index (χ3v) is 2.70. The maximum absolute atomic E-state index is 12.0. The minimum absolute atomic E-state index is 0.00736. The van der Waals surface area contributed by atoms with Crippen LogP contribution in [0.3, 0.4) is 0 Å². The number of rotatable bonds is 3. The molecule has 3 heteroatoms. The Morgan fingerprint density at radius 1 is 1.41 bits per heavy atom. The van der Waals surface area contributed by atoms with Crippen LogP contribution in [0.15, 0.2) is 12.3 Å². The van der Waals surface area contributed by atoms with Crippen molar-refractivity contribution in [2.24, 2.45) is 5.41 Å². The van der Waals surface area contributed by atoms with E-state index < -0.39 is 5.41 Å². The molecule has 1 aromatic heterocycles. The number of hydrogen-bond donors (Lipinski definition) is 1. The van der Waals surface area contributed by atoms with Crippen LogP contribution < -0.4 is 5.32 Å². The molecule has 1 heterocycles. The van der Waals surface area contributed by atoms with E-state index in [0.29, 0.717) is 5.82 Å². The first-order valence-corrected chi connectivity index (χ1v) is 6.12. The van der Waals surface area contributed by atoms with Gasteiger partial charge in [0.2, 0.25) is 5.91 Å². The summed E-state index contributed by atoms with van der Waals surface area (Å²) in [5.41, 5.74) is 1.94. The third-order valence-electron chi connectivity index (χ3n) is 2.70. The van der Waals surface area contributed by atoms with Crippen LogP contribution in [0.1, 0.15) is 45.2 Å². The van der Waals surface area contributed by atoms with Crippen molar-refractivity contribution in [2.75, 3.05) is 5.32 Å². The minimum atomic E-state index is -0.394. The van der Waals surface area contributed by atoms with Crippen LogP contribution >= 0.6 is 0 Å². The van der Waals surface area contributed by atoms with E-state index in [0.717, 1.165) is 18.4 Å². The van der Waals surface area contributed by atoms with Gasteiger partial charge in [0.25, 0.3) is 0 Å². The summed E-state index contributed by atoms with van der Waals surface area (Å²) < 4.78 is 0. The summed E-state index contributed by atoms with van der Waals surface area (Å²) in [4.78, 5) is 16.2. The molecule has 0 atom stereocenters. The minimum Gasteiger partial charge on any atom is -0.310 e. The quantitative estimate of drug-likeness (QED) is 0.871. The first-order valence-electron chi connectivity index (χ1n) is 6.12. The second kappa shape index (κ2) is 5.30. The lowest BCUT2D eigenvalue weighted by atomic mass is 9.95. The highest BCUT2D eigenvalue weighted by Gasteiger charge is 2.22. The van der Waals surface area contributed by atoms with Gasteiger partial charge in [-0.3, -0.25) is 4.79 Å². The average Bonchev–Trinajstić information content (AvgIpc) is 2.21. The maximum Gasteiger partial charge on any atom is 0.230 e. The van der Waals surface area contributed by atoms with Gasteiger partial charge in [0.15, 0.2) is 0 Å². The highest BCUT2D eigenvalue weighted by atomic mass is 16.2. The van der Waals surface area contributed by atoms with Crippen molar-refractivity contribution in [2.45, 2.75) is 47.5 Å². The number of carbonyl (C=O) groups is 1. The van der Waals surface area contributed by atoms with Crippen LogP contribution in [0.4, 0.5) is 5.82 Å². The fourth-order valence-electron chi connectivity index (χ4n) is 1.56. The fourth-order valence-corrected chi connectivity index (χ4v) is 1.56. The molecule has 1 N–H and O–H groups in total. The number of carbonyl (C=O) groups excluding carboxylic acids is 1. The Hall–Kier alpha value is -1.38. The molecular weight excluding hydrogens is 212 g/mol. The normalized spacial score (nSPS) is 11.4. The van der Waals surface area contributed by atoms with Crippen LogP contribution in [0.25, 0.3) is 0 Å². The fraction of sp³-hybridized carbons (Fsp3) is 0.571. The summed E-state index contributed by atoms with van der Waals surface area (Å²) in [7, 11) is 0. The monoisotopic (exact) mass is 234 g/mol. The van der Waals surface area contributed by atoms with E-state index in [-0.39, 0.29) is 5.91 Å². The first kappa shape index (κ1) is 13.7. The number of hydrogen-bond acceptors (Lipinski definition) is 2. The van der Waals surface area contributed by atoms with Crippen LogP contribution in [0, 0.1) is 12.3 Å². The lowest BCUT2D eigenvalue weighted by molar-refractivity contribution is -0.123. The van der Waals surface area contributed by atoms with Gasteiger partial charge in [-0.05, 0) is 30.5 Å². The number of aryl methyl sites for hydroxylation is 1. The zero-order valence-electron chi connectivity index (χ0n) is 11.4. The van der Waals surface area contributed by atoms with E-state index in [4.69, 9.17) is 0 Å². The van der Waals surface area contributed by atoms with Crippen LogP contribution in [0.2, 0.25) is 0 Å². The summed E-state index contributed by atoms with van der Waals surface area (Å²) in [6.45, 7) is 9.88. The molecule has 0 saturated carbocycles. The van der Waals surface area contributed by atoms with Gasteiger partial charge in [-0.1, -0.05) is 34.1 Å². The number of aromatic nitrogens is 1. The number of nitrogens with one attached hydrogen (secondary N) is 1. The van der Waals surface area contributed by atoms with E-state index in [9.17, 15) is 4.79 Å². The molecule has 0 saturated heterocycles. The van der Waals surface area contributed by atoms with E-state index in [1.54, 1.807) is 6.20 Å². The Kier molecular flexibility index (Phi) is 4.27. The van der Waals surface area contributed by atoms with Crippen molar-refractivity contribution in [1.29, 1.82) is 0 Å². The van der Waals surface area contributed by atoms with Gasteiger partial charge in [0.05, 0.1) is 0 Å². The molecule has 0 unspecified atom stereocenters. The maximum atomic E-state index is 12.0. The van der Waals surface area contributed by atoms with E-state index in [1.165, 1.54) is 5.56 Å². The molecule has 0 aliphatic carbocycles. The molecule has 17 heavy (non-hydrogen) atoms. The zero-order valence-corrected chi connectivity index (χ0v) is 11.4. The second-order valence-corrected chi connectivity index (χ2v) is 5.41. The first-order chi connectivity index (χ1) is 7.86. The van der Waals surface area contributed by atoms with Crippen molar-refractivity contribution in [3.05, 3.63) is 23.4 Å². The molecule has 0 aliphatic rings. The van der Waals surface area contributed by atoms with E-state index in [2.05, 4.69) is 24.1 Å². The molecule has 1 aromatic rings. The molecule has 0 radical (unpaired) electrons. The van der Waals surface area contributed by atoms with Crippen molar-refractivity contribution >= 4 is 11.7 Å². The molecule has 0 aliphatic heterocycles. The lowest BCUT2D eigenvalue weighted by Crippen LogP contribution is -2.28. The predicted octanol–water partition coefficient (Wildman–Crippen LogP) is 3.33. The topological polar surface area (TPSA) is 42.0 Å². The van der Waals surface area contributed by atoms with Gasteiger partial charge in [0.1, 0.15) is 5.82 Å². The van der Waals surface area contributed by atoms with E-state index >= 15 is 0 Å². The lowest BCUT2D eigenvalue weighted by Gasteiger charge is -2.19. The zero-order chi connectivity index (χ0) is 13.1. The number of nitrogens with zero attached hydrogens (tertiary/aromatic N) is 1. The van der Waals surface area contributed by atoms with Gasteiger partial charge in [-0.15, -0.1) is 0 Å². The van der Waals surface area contributed by atoms with Crippen molar-refractivity contribution < 1.29 is 4.79 Å². The van der Waals surface area contributed by atoms with Gasteiger partial charge in [-0.2, -0.15) is 0 Å². The van der Waals surface area contributed by atoms with Gasteiger partial charge in [-0.25, -0.2) is 4.98 Å². The van der Waals surface area contributed by atoms with E-state index in [1.807, 2.05) is 26.8 Å². The van der Waals surface area contributed by atoms with Gasteiger partial charge in [0, 0.05) is 11.6 Å². The van der Waals surface area contributed by atoms with Crippen molar-refractivity contribution in [3.63, 3.8) is 0 Å². The Balaban J connectivity index is 2.98. The highest BCUT2D eigenvalue weighted by Crippen LogP contribution is 2.21. The summed E-state index contributed by atoms with van der Waals surface area (Å²) in [6, 6.07) is 1.98. The molecule has 0 aromatic carbocycles. The van der Waals surface area contributed by atoms with Gasteiger partial charge >= 0.3 is 0 Å². The summed E-state index contributed by atoms with van der Waals surface area (Å²) in [5, 5.41) is 2.93. The Morgan fingerprint density at radius 3 is 2.59 bits per heavy atom. The highest BCUT2D eigenvalue weighted by molar-refractivity contribution is 5.94. The smallest absolute Gasteiger partial charge is 0.230 e. The summed E-state index contributed by atoms with van der Waals surface area (Å²) >= 11 is 0. The average molecular weight is 234 g/mol. The van der Waals surface area contributed by atoms with Crippen molar-refractivity contribution in [3.8, 4) is 0 Å². The number of pyridine rings is 1. The predicted molar refractivity (Wildman–Crippen MR) is 71.1 cm³/mol. The molecule has 1 amide bonds. The van der Waals surface area contributed by atoms with Crippen molar-refractivity contribution in [1.82, 2.24) is 4.98 Å². The standard InChI is InChI=1S/C14H22N2O/c1-6-7-11-10(2)8-9-15-12(11)16-13(17)14(3,4)5/h8-9H,6-7H2,1-5H3,(H,15,16,17). The molecule has 3 nitrogen and oxygen atoms in total. The molecule has 0 spiro atoms. The summed E-state index contributed by atoms with van der Waals surface area (Å²) in [6.07, 6.45) is 3.73. The van der Waals surface area contributed by atoms with Gasteiger partial charge < -0.3 is 5.32 Å². The molecular formula is C14H22N2O. The molecule has 0 bridgehead atoms. The van der Waals surface area contributed by atoms with Crippen LogP contribution in [0.5, 0.6) is 0 Å². The Morgan fingerprint density at radius 2 is 2.06 bits per heavy atom. The van der Waals surface area contributed by atoms with Crippen LogP contribution in [-0.4, -0.2) is 10.9 Å². The largest absolute Gasteiger partial charge is 0.310 e. The Labute approximate surface area is 104 Å². The molecule has 94 valence electrons. The number of anilines is 1.